The van der Waals surface area contributed by atoms with Crippen molar-refractivity contribution in [1.82, 2.24) is 15.5 Å². The van der Waals surface area contributed by atoms with E-state index in [1.54, 1.807) is 19.2 Å². The zero-order valence-corrected chi connectivity index (χ0v) is 19.1. The smallest absolute Gasteiger partial charge is 0.224 e. The normalized spacial score (nSPS) is 22.1. The third-order valence-corrected chi connectivity index (χ3v) is 4.97. The van der Waals surface area contributed by atoms with Gasteiger partial charge in [-0.05, 0) is 30.5 Å². The first-order chi connectivity index (χ1) is 13.7. The van der Waals surface area contributed by atoms with Gasteiger partial charge in [-0.3, -0.25) is 9.79 Å². The molecular weight excluding hydrogens is 490 g/mol. The molecule has 0 saturated carbocycles. The molecule has 1 amide bonds. The van der Waals surface area contributed by atoms with Crippen molar-refractivity contribution in [2.75, 3.05) is 46.4 Å². The van der Waals surface area contributed by atoms with E-state index in [-0.39, 0.29) is 54.3 Å². The molecule has 0 aliphatic carbocycles. The van der Waals surface area contributed by atoms with E-state index in [4.69, 9.17) is 9.47 Å². The first-order valence-corrected chi connectivity index (χ1v) is 9.85. The van der Waals surface area contributed by atoms with E-state index >= 15 is 0 Å². The van der Waals surface area contributed by atoms with Crippen molar-refractivity contribution in [3.05, 3.63) is 35.6 Å². The van der Waals surface area contributed by atoms with E-state index in [9.17, 15) is 9.18 Å². The lowest BCUT2D eigenvalue weighted by atomic mass is 10.1. The quantitative estimate of drug-likeness (QED) is 0.258. The van der Waals surface area contributed by atoms with Gasteiger partial charge in [-0.15, -0.1) is 24.0 Å². The molecule has 0 radical (unpaired) electrons. The maximum atomic E-state index is 13.2. The first-order valence-electron chi connectivity index (χ1n) is 9.85. The minimum Gasteiger partial charge on any atom is -0.375 e. The molecule has 0 aromatic heterocycles. The SMILES string of the molecule is CN=C(NCCNC(=O)Cc1cccc(F)c1)N1CCOC(C2CCCO2)C1.I. The van der Waals surface area contributed by atoms with Gasteiger partial charge < -0.3 is 25.0 Å². The number of nitrogens with one attached hydrogen (secondary N) is 2. The Kier molecular flexibility index (Phi) is 10.1. The van der Waals surface area contributed by atoms with Gasteiger partial charge >= 0.3 is 0 Å². The molecular formula is C20H30FIN4O3. The highest BCUT2D eigenvalue weighted by molar-refractivity contribution is 14.0. The van der Waals surface area contributed by atoms with Crippen LogP contribution in [0.15, 0.2) is 29.3 Å². The molecule has 1 aromatic rings. The predicted molar refractivity (Wildman–Crippen MR) is 120 cm³/mol. The van der Waals surface area contributed by atoms with Crippen LogP contribution in [0.1, 0.15) is 18.4 Å². The summed E-state index contributed by atoms with van der Waals surface area (Å²) in [4.78, 5) is 18.5. The van der Waals surface area contributed by atoms with Crippen molar-refractivity contribution in [3.63, 3.8) is 0 Å². The largest absolute Gasteiger partial charge is 0.375 e. The second-order valence-corrected chi connectivity index (χ2v) is 7.04. The van der Waals surface area contributed by atoms with Crippen LogP contribution >= 0.6 is 24.0 Å². The van der Waals surface area contributed by atoms with Gasteiger partial charge in [-0.25, -0.2) is 4.39 Å². The second-order valence-electron chi connectivity index (χ2n) is 7.04. The molecule has 2 fully saturated rings. The van der Waals surface area contributed by atoms with Crippen molar-refractivity contribution in [2.24, 2.45) is 4.99 Å². The van der Waals surface area contributed by atoms with Crippen LogP contribution < -0.4 is 10.6 Å². The van der Waals surface area contributed by atoms with Crippen LogP contribution in [0.4, 0.5) is 4.39 Å². The van der Waals surface area contributed by atoms with E-state index in [1.807, 2.05) is 0 Å². The van der Waals surface area contributed by atoms with Crippen LogP contribution in [0.25, 0.3) is 0 Å². The summed E-state index contributed by atoms with van der Waals surface area (Å²) in [6.45, 7) is 4.00. The Balaban J connectivity index is 0.00000300. The summed E-state index contributed by atoms with van der Waals surface area (Å²) in [6.07, 6.45) is 2.54. The number of ether oxygens (including phenoxy) is 2. The summed E-state index contributed by atoms with van der Waals surface area (Å²) in [5, 5.41) is 6.13. The number of rotatable bonds is 6. The Labute approximate surface area is 188 Å². The van der Waals surface area contributed by atoms with Crippen molar-refractivity contribution in [2.45, 2.75) is 31.5 Å². The molecule has 162 valence electrons. The Morgan fingerprint density at radius 1 is 1.24 bits per heavy atom. The van der Waals surface area contributed by atoms with E-state index in [1.165, 1.54) is 12.1 Å². The summed E-state index contributed by atoms with van der Waals surface area (Å²) < 4.78 is 24.8. The maximum Gasteiger partial charge on any atom is 0.224 e. The lowest BCUT2D eigenvalue weighted by Crippen LogP contribution is -2.54. The Morgan fingerprint density at radius 2 is 2.03 bits per heavy atom. The van der Waals surface area contributed by atoms with Gasteiger partial charge in [0.05, 0.1) is 19.1 Å². The average Bonchev–Trinajstić information content (AvgIpc) is 3.23. The topological polar surface area (TPSA) is 75.2 Å². The summed E-state index contributed by atoms with van der Waals surface area (Å²) >= 11 is 0. The van der Waals surface area contributed by atoms with E-state index in [0.29, 0.717) is 25.3 Å². The highest BCUT2D eigenvalue weighted by atomic mass is 127. The fraction of sp³-hybridized carbons (Fsp3) is 0.600. The molecule has 2 N–H and O–H groups in total. The summed E-state index contributed by atoms with van der Waals surface area (Å²) in [7, 11) is 1.75. The molecule has 2 unspecified atom stereocenters. The standard InChI is InChI=1S/C20H29FN4O3.HI/c1-22-20(25-9-11-28-18(14-25)17-6-3-10-27-17)24-8-7-23-19(26)13-15-4-2-5-16(21)12-15;/h2,4-5,12,17-18H,3,6-11,13-14H2,1H3,(H,22,24)(H,23,26);1H. The monoisotopic (exact) mass is 520 g/mol. The third kappa shape index (κ3) is 7.38. The van der Waals surface area contributed by atoms with E-state index in [0.717, 1.165) is 38.5 Å². The number of nitrogens with zero attached hydrogens (tertiary/aromatic N) is 2. The van der Waals surface area contributed by atoms with Crippen LogP contribution in [0.2, 0.25) is 0 Å². The Morgan fingerprint density at radius 3 is 2.76 bits per heavy atom. The fourth-order valence-corrected chi connectivity index (χ4v) is 3.59. The second kappa shape index (κ2) is 12.3. The highest BCUT2D eigenvalue weighted by Crippen LogP contribution is 2.20. The molecule has 1 aromatic carbocycles. The Bertz CT molecular complexity index is 685. The van der Waals surface area contributed by atoms with Crippen molar-refractivity contribution in [3.8, 4) is 0 Å². The van der Waals surface area contributed by atoms with Gasteiger partial charge in [-0.2, -0.15) is 0 Å². The molecule has 2 atom stereocenters. The lowest BCUT2D eigenvalue weighted by Gasteiger charge is -2.37. The van der Waals surface area contributed by atoms with Crippen LogP contribution in [0.3, 0.4) is 0 Å². The molecule has 2 heterocycles. The Hall–Kier alpha value is -1.46. The number of guanidine groups is 1. The van der Waals surface area contributed by atoms with E-state index < -0.39 is 0 Å². The number of morpholine rings is 1. The molecule has 29 heavy (non-hydrogen) atoms. The highest BCUT2D eigenvalue weighted by Gasteiger charge is 2.32. The fourth-order valence-electron chi connectivity index (χ4n) is 3.59. The molecule has 7 nitrogen and oxygen atoms in total. The average molecular weight is 520 g/mol. The molecule has 2 aliphatic heterocycles. The maximum absolute atomic E-state index is 13.2. The molecule has 9 heteroatoms. The van der Waals surface area contributed by atoms with Gasteiger partial charge in [0.25, 0.3) is 0 Å². The summed E-state index contributed by atoms with van der Waals surface area (Å²) in [5.74, 6) is 0.334. The third-order valence-electron chi connectivity index (χ3n) is 4.97. The molecule has 2 saturated heterocycles. The van der Waals surface area contributed by atoms with Gasteiger partial charge in [0.15, 0.2) is 5.96 Å². The summed E-state index contributed by atoms with van der Waals surface area (Å²) in [5.41, 5.74) is 0.662. The minimum absolute atomic E-state index is 0. The zero-order chi connectivity index (χ0) is 19.8. The number of aliphatic imine (C=N–C) groups is 1. The lowest BCUT2D eigenvalue weighted by molar-refractivity contribution is -0.120. The van der Waals surface area contributed by atoms with Crippen LogP contribution in [0.5, 0.6) is 0 Å². The van der Waals surface area contributed by atoms with Gasteiger partial charge in [0.2, 0.25) is 5.91 Å². The van der Waals surface area contributed by atoms with E-state index in [2.05, 4.69) is 20.5 Å². The van der Waals surface area contributed by atoms with Crippen molar-refractivity contribution in [1.29, 1.82) is 0 Å². The van der Waals surface area contributed by atoms with Gasteiger partial charge in [0.1, 0.15) is 11.9 Å². The number of hydrogen-bond acceptors (Lipinski definition) is 4. The number of halogens is 2. The molecule has 2 aliphatic rings. The number of benzene rings is 1. The summed E-state index contributed by atoms with van der Waals surface area (Å²) in [6, 6.07) is 6.09. The number of amides is 1. The van der Waals surface area contributed by atoms with Crippen molar-refractivity contribution < 1.29 is 18.7 Å². The number of carbonyl (C=O) groups is 1. The van der Waals surface area contributed by atoms with Crippen LogP contribution in [-0.2, 0) is 20.7 Å². The van der Waals surface area contributed by atoms with Gasteiger partial charge in [-0.1, -0.05) is 12.1 Å². The molecule has 3 rings (SSSR count). The predicted octanol–water partition coefficient (Wildman–Crippen LogP) is 1.56. The first kappa shape index (κ1) is 23.8. The zero-order valence-electron chi connectivity index (χ0n) is 16.7. The number of carbonyl (C=O) groups excluding carboxylic acids is 1. The van der Waals surface area contributed by atoms with Crippen LogP contribution in [0, 0.1) is 5.82 Å². The van der Waals surface area contributed by atoms with Crippen LogP contribution in [-0.4, -0.2) is 75.4 Å². The van der Waals surface area contributed by atoms with Crippen molar-refractivity contribution >= 4 is 35.8 Å². The minimum atomic E-state index is -0.331. The van der Waals surface area contributed by atoms with Gasteiger partial charge in [0, 0.05) is 39.8 Å². The molecule has 0 spiro atoms. The number of hydrogen-bond donors (Lipinski definition) is 2. The molecule has 0 bridgehead atoms.